The van der Waals surface area contributed by atoms with E-state index < -0.39 is 0 Å². The molecule has 6 heteroatoms. The first-order valence-corrected chi connectivity index (χ1v) is 6.35. The van der Waals surface area contributed by atoms with Gasteiger partial charge in [0.2, 0.25) is 0 Å². The van der Waals surface area contributed by atoms with Gasteiger partial charge in [-0.3, -0.25) is 9.78 Å². The molecular formula is C15H12N4O2. The van der Waals surface area contributed by atoms with E-state index in [4.69, 9.17) is 4.74 Å². The number of pyridine rings is 1. The topological polar surface area (TPSA) is 77.0 Å². The zero-order chi connectivity index (χ0) is 14.5. The first-order valence-electron chi connectivity index (χ1n) is 6.35. The van der Waals surface area contributed by atoms with Crippen molar-refractivity contribution in [2.45, 2.75) is 0 Å². The molecule has 104 valence electrons. The molecule has 0 atom stereocenters. The maximum atomic E-state index is 11.7. The molecule has 0 radical (unpaired) electrons. The highest BCUT2D eigenvalue weighted by molar-refractivity contribution is 5.91. The Morgan fingerprint density at radius 1 is 1.14 bits per heavy atom. The van der Waals surface area contributed by atoms with E-state index in [1.165, 1.54) is 6.33 Å². The Morgan fingerprint density at radius 2 is 2.10 bits per heavy atom. The number of carbonyl (C=O) groups excluding carboxylic acids is 1. The summed E-state index contributed by atoms with van der Waals surface area (Å²) in [6.07, 6.45) is 4.66. The number of nitrogens with zero attached hydrogens (tertiary/aromatic N) is 3. The van der Waals surface area contributed by atoms with Crippen LogP contribution in [0.2, 0.25) is 0 Å². The molecule has 0 unspecified atom stereocenters. The van der Waals surface area contributed by atoms with Crippen LogP contribution >= 0.6 is 0 Å². The van der Waals surface area contributed by atoms with Crippen molar-refractivity contribution in [1.82, 2.24) is 15.0 Å². The lowest BCUT2D eigenvalue weighted by Gasteiger charge is -2.07. The number of nitrogens with one attached hydrogen (secondary N) is 1. The number of rotatable bonds is 4. The number of anilines is 1. The van der Waals surface area contributed by atoms with Gasteiger partial charge in [0, 0.05) is 17.8 Å². The number of ether oxygens (including phenoxy) is 1. The predicted octanol–water partition coefficient (Wildman–Crippen LogP) is 2.04. The summed E-state index contributed by atoms with van der Waals surface area (Å²) < 4.78 is 5.46. The molecule has 0 fully saturated rings. The van der Waals surface area contributed by atoms with Gasteiger partial charge in [-0.15, -0.1) is 0 Å². The van der Waals surface area contributed by atoms with Crippen LogP contribution in [0.1, 0.15) is 0 Å². The van der Waals surface area contributed by atoms with Crippen LogP contribution in [0.4, 0.5) is 5.82 Å². The van der Waals surface area contributed by atoms with Crippen molar-refractivity contribution in [3.63, 3.8) is 0 Å². The smallest absolute Gasteiger partial charge is 0.263 e. The molecule has 6 nitrogen and oxygen atoms in total. The van der Waals surface area contributed by atoms with E-state index >= 15 is 0 Å². The maximum absolute atomic E-state index is 11.7. The molecule has 0 spiro atoms. The molecule has 3 rings (SSSR count). The molecule has 2 heterocycles. The Morgan fingerprint density at radius 3 is 2.95 bits per heavy atom. The summed E-state index contributed by atoms with van der Waals surface area (Å²) in [6.45, 7) is -0.0875. The van der Waals surface area contributed by atoms with Gasteiger partial charge in [-0.2, -0.15) is 0 Å². The van der Waals surface area contributed by atoms with E-state index in [-0.39, 0.29) is 12.5 Å². The third-order valence-electron chi connectivity index (χ3n) is 2.79. The second-order valence-corrected chi connectivity index (χ2v) is 4.29. The van der Waals surface area contributed by atoms with Crippen LogP contribution < -0.4 is 10.1 Å². The van der Waals surface area contributed by atoms with Gasteiger partial charge >= 0.3 is 0 Å². The van der Waals surface area contributed by atoms with Crippen molar-refractivity contribution in [1.29, 1.82) is 0 Å². The number of fused-ring (bicyclic) bond motifs is 1. The Bertz CT molecular complexity index is 762. The van der Waals surface area contributed by atoms with Crippen LogP contribution in [-0.2, 0) is 4.79 Å². The second-order valence-electron chi connectivity index (χ2n) is 4.29. The van der Waals surface area contributed by atoms with Crippen molar-refractivity contribution in [2.24, 2.45) is 0 Å². The number of benzene rings is 1. The van der Waals surface area contributed by atoms with Gasteiger partial charge in [-0.05, 0) is 30.3 Å². The number of hydrogen-bond acceptors (Lipinski definition) is 5. The van der Waals surface area contributed by atoms with Gasteiger partial charge in [-0.25, -0.2) is 9.97 Å². The normalized spacial score (nSPS) is 10.3. The van der Waals surface area contributed by atoms with E-state index in [2.05, 4.69) is 20.3 Å². The molecule has 2 aromatic heterocycles. The van der Waals surface area contributed by atoms with Crippen molar-refractivity contribution in [3.8, 4) is 5.75 Å². The molecular weight excluding hydrogens is 268 g/mol. The fourth-order valence-corrected chi connectivity index (χ4v) is 1.84. The Labute approximate surface area is 120 Å². The van der Waals surface area contributed by atoms with Crippen molar-refractivity contribution in [2.75, 3.05) is 11.9 Å². The summed E-state index contributed by atoms with van der Waals surface area (Å²) >= 11 is 0. The number of carbonyl (C=O) groups is 1. The van der Waals surface area contributed by atoms with Gasteiger partial charge in [0.1, 0.15) is 17.9 Å². The molecule has 0 bridgehead atoms. The lowest BCUT2D eigenvalue weighted by Crippen LogP contribution is -2.20. The summed E-state index contributed by atoms with van der Waals surface area (Å²) in [5.41, 5.74) is 0.885. The highest BCUT2D eigenvalue weighted by Gasteiger charge is 2.05. The van der Waals surface area contributed by atoms with Crippen LogP contribution in [0, 0.1) is 0 Å². The second kappa shape index (κ2) is 5.96. The van der Waals surface area contributed by atoms with Crippen LogP contribution in [0.15, 0.2) is 55.1 Å². The lowest BCUT2D eigenvalue weighted by molar-refractivity contribution is -0.118. The largest absolute Gasteiger partial charge is 0.484 e. The van der Waals surface area contributed by atoms with Crippen molar-refractivity contribution in [3.05, 3.63) is 55.1 Å². The van der Waals surface area contributed by atoms with E-state index in [0.29, 0.717) is 11.6 Å². The molecule has 0 saturated carbocycles. The van der Waals surface area contributed by atoms with E-state index in [1.807, 2.05) is 24.3 Å². The minimum atomic E-state index is -0.278. The minimum Gasteiger partial charge on any atom is -0.484 e. The summed E-state index contributed by atoms with van der Waals surface area (Å²) in [5.74, 6) is 0.787. The van der Waals surface area contributed by atoms with Crippen LogP contribution in [0.5, 0.6) is 5.75 Å². The van der Waals surface area contributed by atoms with Crippen LogP contribution in [0.3, 0.4) is 0 Å². The van der Waals surface area contributed by atoms with Crippen LogP contribution in [-0.4, -0.2) is 27.5 Å². The van der Waals surface area contributed by atoms with Gasteiger partial charge < -0.3 is 10.1 Å². The van der Waals surface area contributed by atoms with E-state index in [0.717, 1.165) is 10.9 Å². The highest BCUT2D eigenvalue weighted by Crippen LogP contribution is 2.18. The molecule has 0 aliphatic rings. The quantitative estimate of drug-likeness (QED) is 0.791. The summed E-state index contributed by atoms with van der Waals surface area (Å²) in [5, 5.41) is 3.59. The number of hydrogen-bond donors (Lipinski definition) is 1. The molecule has 21 heavy (non-hydrogen) atoms. The lowest BCUT2D eigenvalue weighted by atomic mass is 10.2. The summed E-state index contributed by atoms with van der Waals surface area (Å²) in [7, 11) is 0. The van der Waals surface area contributed by atoms with Crippen molar-refractivity contribution >= 4 is 22.6 Å². The third kappa shape index (κ3) is 3.30. The zero-order valence-electron chi connectivity index (χ0n) is 11.1. The first kappa shape index (κ1) is 13.0. The number of aromatic nitrogens is 3. The molecule has 1 amide bonds. The fourth-order valence-electron chi connectivity index (χ4n) is 1.84. The average molecular weight is 280 g/mol. The Hall–Kier alpha value is -3.02. The van der Waals surface area contributed by atoms with Gasteiger partial charge in [0.05, 0.1) is 5.52 Å². The molecule has 1 aromatic carbocycles. The van der Waals surface area contributed by atoms with Crippen LogP contribution in [0.25, 0.3) is 10.9 Å². The monoisotopic (exact) mass is 280 g/mol. The van der Waals surface area contributed by atoms with Crippen molar-refractivity contribution < 1.29 is 9.53 Å². The van der Waals surface area contributed by atoms with E-state index in [1.54, 1.807) is 24.5 Å². The molecule has 1 N–H and O–H groups in total. The van der Waals surface area contributed by atoms with Gasteiger partial charge in [-0.1, -0.05) is 6.07 Å². The molecule has 3 aromatic rings. The van der Waals surface area contributed by atoms with E-state index in [9.17, 15) is 4.79 Å². The highest BCUT2D eigenvalue weighted by atomic mass is 16.5. The SMILES string of the molecule is O=C(COc1ccc2ncccc2c1)Nc1ccncn1. The minimum absolute atomic E-state index is 0.0875. The fraction of sp³-hybridized carbons (Fsp3) is 0.0667. The zero-order valence-corrected chi connectivity index (χ0v) is 11.1. The van der Waals surface area contributed by atoms with Gasteiger partial charge in [0.15, 0.2) is 6.61 Å². The molecule has 0 aliphatic heterocycles. The predicted molar refractivity (Wildman–Crippen MR) is 77.9 cm³/mol. The average Bonchev–Trinajstić information content (AvgIpc) is 2.54. The Kier molecular flexibility index (Phi) is 3.68. The first-order chi connectivity index (χ1) is 10.3. The molecule has 0 saturated heterocycles. The standard InChI is InChI=1S/C15H12N4O2/c20-15(19-14-5-7-16-10-18-14)9-21-12-3-4-13-11(8-12)2-1-6-17-13/h1-8,10H,9H2,(H,16,18,19,20). The maximum Gasteiger partial charge on any atom is 0.263 e. The molecule has 0 aliphatic carbocycles. The number of amides is 1. The van der Waals surface area contributed by atoms with Gasteiger partial charge in [0.25, 0.3) is 5.91 Å². The summed E-state index contributed by atoms with van der Waals surface area (Å²) in [6, 6.07) is 10.9. The Balaban J connectivity index is 1.62. The third-order valence-corrected chi connectivity index (χ3v) is 2.79. The summed E-state index contributed by atoms with van der Waals surface area (Å²) in [4.78, 5) is 23.6.